The third kappa shape index (κ3) is 5.53. The maximum atomic E-state index is 5.87. The van der Waals surface area contributed by atoms with Crippen molar-refractivity contribution in [3.63, 3.8) is 0 Å². The van der Waals surface area contributed by atoms with E-state index in [0.29, 0.717) is 11.2 Å². The molecule has 0 aliphatic rings. The van der Waals surface area contributed by atoms with Crippen molar-refractivity contribution < 1.29 is 0 Å². The zero-order valence-electron chi connectivity index (χ0n) is 11.8. The lowest BCUT2D eigenvalue weighted by Crippen LogP contribution is -2.33. The van der Waals surface area contributed by atoms with Crippen LogP contribution in [0.3, 0.4) is 0 Å². The van der Waals surface area contributed by atoms with Gasteiger partial charge in [0.2, 0.25) is 0 Å². The molecule has 1 aromatic carbocycles. The van der Waals surface area contributed by atoms with Crippen LogP contribution in [0.1, 0.15) is 13.8 Å². The number of aromatic nitrogens is 1. The topological polar surface area (TPSA) is 37.0 Å². The molecule has 0 radical (unpaired) electrons. The highest BCUT2D eigenvalue weighted by Crippen LogP contribution is 2.27. The molecule has 6 heteroatoms. The zero-order chi connectivity index (χ0) is 15.2. The molecule has 0 saturated heterocycles. The molecular formula is C15H16ClN3S2. The lowest BCUT2D eigenvalue weighted by Gasteiger charge is -2.13. The number of nitrogens with zero attached hydrogens (tertiary/aromatic N) is 1. The number of pyridine rings is 1. The fourth-order valence-electron chi connectivity index (χ4n) is 1.57. The minimum atomic E-state index is 0.303. The van der Waals surface area contributed by atoms with Gasteiger partial charge in [0, 0.05) is 16.0 Å². The fraction of sp³-hybridized carbons (Fsp3) is 0.200. The van der Waals surface area contributed by atoms with Crippen molar-refractivity contribution in [1.82, 2.24) is 10.3 Å². The van der Waals surface area contributed by atoms with Gasteiger partial charge in [0.15, 0.2) is 5.11 Å². The number of anilines is 1. The van der Waals surface area contributed by atoms with Crippen molar-refractivity contribution in [2.45, 2.75) is 29.8 Å². The summed E-state index contributed by atoms with van der Waals surface area (Å²) in [6, 6.07) is 11.9. The van der Waals surface area contributed by atoms with Crippen molar-refractivity contribution in [2.75, 3.05) is 5.32 Å². The van der Waals surface area contributed by atoms with Crippen LogP contribution < -0.4 is 10.6 Å². The summed E-state index contributed by atoms with van der Waals surface area (Å²) in [6.07, 6.45) is 1.77. The van der Waals surface area contributed by atoms with Gasteiger partial charge in [-0.15, -0.1) is 0 Å². The van der Waals surface area contributed by atoms with Crippen LogP contribution >= 0.6 is 35.6 Å². The second kappa shape index (κ2) is 7.64. The Bertz CT molecular complexity index is 597. The number of halogens is 1. The summed E-state index contributed by atoms with van der Waals surface area (Å²) in [4.78, 5) is 5.51. The normalized spacial score (nSPS) is 10.5. The number of thiocarbonyl (C=S) groups is 1. The first-order valence-corrected chi connectivity index (χ1v) is 8.10. The van der Waals surface area contributed by atoms with E-state index in [4.69, 9.17) is 23.8 Å². The zero-order valence-corrected chi connectivity index (χ0v) is 14.1. The molecule has 0 bridgehead atoms. The summed E-state index contributed by atoms with van der Waals surface area (Å²) in [6.45, 7) is 4.08. The molecule has 2 aromatic rings. The van der Waals surface area contributed by atoms with Crippen LogP contribution in [0.2, 0.25) is 5.02 Å². The van der Waals surface area contributed by atoms with E-state index in [1.54, 1.807) is 18.0 Å². The molecule has 2 N–H and O–H groups in total. The molecule has 21 heavy (non-hydrogen) atoms. The molecule has 0 fully saturated rings. The first kappa shape index (κ1) is 16.1. The minimum Gasteiger partial charge on any atom is -0.360 e. The van der Waals surface area contributed by atoms with Crippen LogP contribution in [0, 0.1) is 0 Å². The van der Waals surface area contributed by atoms with E-state index in [0.717, 1.165) is 20.6 Å². The quantitative estimate of drug-likeness (QED) is 0.799. The maximum Gasteiger partial charge on any atom is 0.171 e. The van der Waals surface area contributed by atoms with E-state index in [1.807, 2.05) is 50.2 Å². The third-order valence-corrected chi connectivity index (χ3v) is 3.88. The molecule has 0 amide bonds. The molecule has 0 unspecified atom stereocenters. The predicted octanol–water partition coefficient (Wildman–Crippen LogP) is 4.58. The Kier molecular flexibility index (Phi) is 5.85. The molecule has 0 atom stereocenters. The highest BCUT2D eigenvalue weighted by Gasteiger charge is 2.02. The average Bonchev–Trinajstić information content (AvgIpc) is 2.42. The molecule has 2 rings (SSSR count). The fourth-order valence-corrected chi connectivity index (χ4v) is 2.80. The van der Waals surface area contributed by atoms with Gasteiger partial charge in [-0.2, -0.15) is 0 Å². The molecule has 0 spiro atoms. The van der Waals surface area contributed by atoms with Gasteiger partial charge < -0.3 is 10.6 Å². The monoisotopic (exact) mass is 337 g/mol. The Hall–Kier alpha value is -1.30. The number of hydrogen-bond donors (Lipinski definition) is 2. The van der Waals surface area contributed by atoms with Crippen LogP contribution in [0.5, 0.6) is 0 Å². The van der Waals surface area contributed by atoms with Crippen LogP contribution in [0.25, 0.3) is 0 Å². The van der Waals surface area contributed by atoms with Crippen molar-refractivity contribution in [1.29, 1.82) is 0 Å². The van der Waals surface area contributed by atoms with Crippen molar-refractivity contribution in [3.8, 4) is 0 Å². The third-order valence-electron chi connectivity index (χ3n) is 2.45. The van der Waals surface area contributed by atoms with Crippen molar-refractivity contribution in [3.05, 3.63) is 47.6 Å². The van der Waals surface area contributed by atoms with Gasteiger partial charge in [-0.05, 0) is 62.5 Å². The average molecular weight is 338 g/mol. The van der Waals surface area contributed by atoms with Crippen molar-refractivity contribution in [2.24, 2.45) is 0 Å². The molecule has 3 nitrogen and oxygen atoms in total. The summed E-state index contributed by atoms with van der Waals surface area (Å²) in [7, 11) is 0. The summed E-state index contributed by atoms with van der Waals surface area (Å²) in [5.74, 6) is 0. The Balaban J connectivity index is 1.95. The largest absolute Gasteiger partial charge is 0.360 e. The second-order valence-electron chi connectivity index (χ2n) is 4.69. The second-order valence-corrected chi connectivity index (χ2v) is 6.63. The Morgan fingerprint density at radius 3 is 2.48 bits per heavy atom. The molecular weight excluding hydrogens is 322 g/mol. The maximum absolute atomic E-state index is 5.87. The molecule has 1 aromatic heterocycles. The lowest BCUT2D eigenvalue weighted by molar-refractivity contribution is 0.739. The molecule has 0 saturated carbocycles. The van der Waals surface area contributed by atoms with E-state index >= 15 is 0 Å². The van der Waals surface area contributed by atoms with Gasteiger partial charge in [0.05, 0.1) is 11.9 Å². The smallest absolute Gasteiger partial charge is 0.171 e. The van der Waals surface area contributed by atoms with E-state index in [-0.39, 0.29) is 0 Å². The van der Waals surface area contributed by atoms with Crippen LogP contribution in [-0.2, 0) is 0 Å². The van der Waals surface area contributed by atoms with E-state index in [1.165, 1.54) is 0 Å². The Morgan fingerprint density at radius 2 is 1.90 bits per heavy atom. The summed E-state index contributed by atoms with van der Waals surface area (Å²) in [5, 5.41) is 8.49. The van der Waals surface area contributed by atoms with Crippen molar-refractivity contribution >= 4 is 46.4 Å². The molecule has 0 aliphatic heterocycles. The number of nitrogens with one attached hydrogen (secondary N) is 2. The molecule has 1 heterocycles. The highest BCUT2D eigenvalue weighted by atomic mass is 35.5. The van der Waals surface area contributed by atoms with Crippen LogP contribution in [-0.4, -0.2) is 16.1 Å². The summed E-state index contributed by atoms with van der Waals surface area (Å²) >= 11 is 12.7. The van der Waals surface area contributed by atoms with E-state index in [9.17, 15) is 0 Å². The predicted molar refractivity (Wildman–Crippen MR) is 94.3 cm³/mol. The number of rotatable bonds is 4. The van der Waals surface area contributed by atoms with Gasteiger partial charge in [-0.1, -0.05) is 23.4 Å². The highest BCUT2D eigenvalue weighted by molar-refractivity contribution is 7.99. The summed E-state index contributed by atoms with van der Waals surface area (Å²) in [5.41, 5.74) is 0.869. The van der Waals surface area contributed by atoms with Gasteiger partial charge in [-0.25, -0.2) is 4.98 Å². The Morgan fingerprint density at radius 1 is 1.19 bits per heavy atom. The SMILES string of the molecule is CC(C)NC(=S)Nc1ccc(Sc2ccc(Cl)cc2)nc1. The van der Waals surface area contributed by atoms with Gasteiger partial charge >= 0.3 is 0 Å². The number of benzene rings is 1. The first-order valence-electron chi connectivity index (χ1n) is 6.50. The summed E-state index contributed by atoms with van der Waals surface area (Å²) < 4.78 is 0. The van der Waals surface area contributed by atoms with Crippen LogP contribution in [0.4, 0.5) is 5.69 Å². The van der Waals surface area contributed by atoms with Gasteiger partial charge in [-0.3, -0.25) is 0 Å². The minimum absolute atomic E-state index is 0.303. The lowest BCUT2D eigenvalue weighted by atomic mass is 10.4. The Labute approximate surface area is 139 Å². The van der Waals surface area contributed by atoms with Gasteiger partial charge in [0.25, 0.3) is 0 Å². The molecule has 0 aliphatic carbocycles. The standard InChI is InChI=1S/C15H16ClN3S2/c1-10(2)18-15(20)19-12-5-8-14(17-9-12)21-13-6-3-11(16)4-7-13/h3-10H,1-2H3,(H2,18,19,20). The van der Waals surface area contributed by atoms with Gasteiger partial charge in [0.1, 0.15) is 5.03 Å². The first-order chi connectivity index (χ1) is 10.0. The number of hydrogen-bond acceptors (Lipinski definition) is 3. The molecule has 110 valence electrons. The van der Waals surface area contributed by atoms with E-state index in [2.05, 4.69) is 15.6 Å². The van der Waals surface area contributed by atoms with E-state index < -0.39 is 0 Å². The van der Waals surface area contributed by atoms with Crippen LogP contribution in [0.15, 0.2) is 52.5 Å².